The van der Waals surface area contributed by atoms with Gasteiger partial charge in [0.25, 0.3) is 0 Å². The largest absolute Gasteiger partial charge is 0.392 e. The monoisotopic (exact) mass is 301 g/mol. The van der Waals surface area contributed by atoms with Gasteiger partial charge in [0.15, 0.2) is 0 Å². The molecule has 0 aliphatic carbocycles. The molecule has 0 radical (unpaired) electrons. The van der Waals surface area contributed by atoms with Gasteiger partial charge in [0, 0.05) is 24.6 Å². The van der Waals surface area contributed by atoms with Gasteiger partial charge in [0.05, 0.1) is 11.5 Å². The predicted molar refractivity (Wildman–Crippen MR) is 77.9 cm³/mol. The maximum atomic E-state index is 12.6. The van der Waals surface area contributed by atoms with E-state index in [1.165, 1.54) is 0 Å². The second kappa shape index (κ2) is 5.83. The number of aliphatic hydroxyl groups is 1. The van der Waals surface area contributed by atoms with Crippen LogP contribution in [0.3, 0.4) is 0 Å². The number of hydrogen-bond acceptors (Lipinski definition) is 4. The summed E-state index contributed by atoms with van der Waals surface area (Å²) in [4.78, 5) is 0.328. The van der Waals surface area contributed by atoms with E-state index in [1.807, 2.05) is 13.0 Å². The normalized spacial score (nSPS) is 17.6. The Kier molecular flexibility index (Phi) is 4.55. The standard InChI is InChI=1S/C13H19NO3S2/c1-10-7-11(2)13(8-12(10)9-15)19(16,17)14-3-5-18-6-4-14/h7-8,15H,3-6,9H2,1-2H3. The lowest BCUT2D eigenvalue weighted by Crippen LogP contribution is -2.38. The zero-order valence-electron chi connectivity index (χ0n) is 11.2. The predicted octanol–water partition coefficient (Wildman–Crippen LogP) is 1.53. The van der Waals surface area contributed by atoms with Gasteiger partial charge in [0.2, 0.25) is 10.0 Å². The highest BCUT2D eigenvalue weighted by Gasteiger charge is 2.28. The lowest BCUT2D eigenvalue weighted by Gasteiger charge is -2.26. The molecule has 1 N–H and O–H groups in total. The molecule has 1 heterocycles. The van der Waals surface area contributed by atoms with Gasteiger partial charge in [-0.05, 0) is 36.6 Å². The van der Waals surface area contributed by atoms with E-state index < -0.39 is 10.0 Å². The molecule has 19 heavy (non-hydrogen) atoms. The van der Waals surface area contributed by atoms with Gasteiger partial charge in [0.1, 0.15) is 0 Å². The SMILES string of the molecule is Cc1cc(C)c(S(=O)(=O)N2CCSCC2)cc1CO. The van der Waals surface area contributed by atoms with Crippen molar-refractivity contribution in [2.45, 2.75) is 25.3 Å². The summed E-state index contributed by atoms with van der Waals surface area (Å²) in [6.07, 6.45) is 0. The van der Waals surface area contributed by atoms with E-state index in [2.05, 4.69) is 0 Å². The average Bonchev–Trinajstić information content (AvgIpc) is 2.39. The molecule has 1 saturated heterocycles. The summed E-state index contributed by atoms with van der Waals surface area (Å²) >= 11 is 1.78. The van der Waals surface area contributed by atoms with E-state index >= 15 is 0 Å². The number of sulfonamides is 1. The van der Waals surface area contributed by atoms with E-state index in [-0.39, 0.29) is 6.61 Å². The molecule has 1 fully saturated rings. The smallest absolute Gasteiger partial charge is 0.243 e. The quantitative estimate of drug-likeness (QED) is 0.920. The van der Waals surface area contributed by atoms with Crippen LogP contribution in [0.1, 0.15) is 16.7 Å². The van der Waals surface area contributed by atoms with Crippen molar-refractivity contribution in [2.24, 2.45) is 0 Å². The number of rotatable bonds is 3. The Morgan fingerprint density at radius 3 is 2.42 bits per heavy atom. The zero-order valence-corrected chi connectivity index (χ0v) is 12.9. The Hall–Kier alpha value is -0.560. The van der Waals surface area contributed by atoms with Crippen LogP contribution < -0.4 is 0 Å². The fourth-order valence-electron chi connectivity index (χ4n) is 2.25. The average molecular weight is 301 g/mol. The molecule has 0 unspecified atom stereocenters. The van der Waals surface area contributed by atoms with Crippen LogP contribution in [0.5, 0.6) is 0 Å². The molecule has 6 heteroatoms. The van der Waals surface area contributed by atoms with Crippen LogP contribution in [-0.2, 0) is 16.6 Å². The molecule has 0 bridgehead atoms. The van der Waals surface area contributed by atoms with Crippen LogP contribution >= 0.6 is 11.8 Å². The molecule has 1 aliphatic heterocycles. The van der Waals surface area contributed by atoms with Gasteiger partial charge in [-0.15, -0.1) is 0 Å². The summed E-state index contributed by atoms with van der Waals surface area (Å²) in [7, 11) is -3.43. The summed E-state index contributed by atoms with van der Waals surface area (Å²) in [5.41, 5.74) is 2.34. The minimum atomic E-state index is -3.43. The van der Waals surface area contributed by atoms with E-state index in [4.69, 9.17) is 0 Å². The first kappa shape index (κ1) is 14.8. The number of aliphatic hydroxyl groups excluding tert-OH is 1. The molecule has 2 rings (SSSR count). The summed E-state index contributed by atoms with van der Waals surface area (Å²) in [5.74, 6) is 1.69. The van der Waals surface area contributed by atoms with E-state index in [9.17, 15) is 13.5 Å². The number of hydrogen-bond donors (Lipinski definition) is 1. The molecular formula is C13H19NO3S2. The van der Waals surface area contributed by atoms with Gasteiger partial charge < -0.3 is 5.11 Å². The molecule has 4 nitrogen and oxygen atoms in total. The first-order valence-corrected chi connectivity index (χ1v) is 8.85. The lowest BCUT2D eigenvalue weighted by atomic mass is 10.1. The van der Waals surface area contributed by atoms with Crippen molar-refractivity contribution in [2.75, 3.05) is 24.6 Å². The number of thioether (sulfide) groups is 1. The van der Waals surface area contributed by atoms with E-state index in [1.54, 1.807) is 29.1 Å². The van der Waals surface area contributed by atoms with Crippen molar-refractivity contribution in [3.05, 3.63) is 28.8 Å². The van der Waals surface area contributed by atoms with E-state index in [0.29, 0.717) is 23.5 Å². The van der Waals surface area contributed by atoms with Gasteiger partial charge in [-0.25, -0.2) is 8.42 Å². The van der Waals surface area contributed by atoms with Crippen molar-refractivity contribution in [1.29, 1.82) is 0 Å². The topological polar surface area (TPSA) is 57.6 Å². The summed E-state index contributed by atoms with van der Waals surface area (Å²) in [6, 6.07) is 3.44. The van der Waals surface area contributed by atoms with Gasteiger partial charge in [-0.1, -0.05) is 6.07 Å². The molecule has 1 aliphatic rings. The van der Waals surface area contributed by atoms with E-state index in [0.717, 1.165) is 22.6 Å². The minimum Gasteiger partial charge on any atom is -0.392 e. The number of nitrogens with zero attached hydrogens (tertiary/aromatic N) is 1. The van der Waals surface area contributed by atoms with Gasteiger partial charge in [-0.2, -0.15) is 16.1 Å². The van der Waals surface area contributed by atoms with Crippen molar-refractivity contribution in [3.8, 4) is 0 Å². The lowest BCUT2D eigenvalue weighted by molar-refractivity contribution is 0.280. The van der Waals surface area contributed by atoms with Crippen molar-refractivity contribution >= 4 is 21.8 Å². The Balaban J connectivity index is 2.44. The van der Waals surface area contributed by atoms with Crippen molar-refractivity contribution in [1.82, 2.24) is 4.31 Å². The first-order chi connectivity index (χ1) is 8.96. The van der Waals surface area contributed by atoms with Crippen LogP contribution in [0.2, 0.25) is 0 Å². The fourth-order valence-corrected chi connectivity index (χ4v) is 5.08. The maximum absolute atomic E-state index is 12.6. The number of benzene rings is 1. The summed E-state index contributed by atoms with van der Waals surface area (Å²) in [6.45, 7) is 4.68. The Morgan fingerprint density at radius 1 is 1.21 bits per heavy atom. The minimum absolute atomic E-state index is 0.134. The molecule has 0 aromatic heterocycles. The fraction of sp³-hybridized carbons (Fsp3) is 0.538. The second-order valence-corrected chi connectivity index (χ2v) is 7.85. The molecule has 0 spiro atoms. The van der Waals surface area contributed by atoms with Gasteiger partial charge >= 0.3 is 0 Å². The first-order valence-electron chi connectivity index (χ1n) is 6.25. The van der Waals surface area contributed by atoms with Crippen LogP contribution in [-0.4, -0.2) is 42.4 Å². The molecule has 0 saturated carbocycles. The van der Waals surface area contributed by atoms with Crippen LogP contribution in [0.15, 0.2) is 17.0 Å². The summed E-state index contributed by atoms with van der Waals surface area (Å²) < 4.78 is 26.8. The third-order valence-electron chi connectivity index (χ3n) is 3.39. The van der Waals surface area contributed by atoms with Crippen molar-refractivity contribution in [3.63, 3.8) is 0 Å². The molecule has 1 aromatic rings. The van der Waals surface area contributed by atoms with Crippen molar-refractivity contribution < 1.29 is 13.5 Å². The van der Waals surface area contributed by atoms with Gasteiger partial charge in [-0.3, -0.25) is 0 Å². The highest BCUT2D eigenvalue weighted by Crippen LogP contribution is 2.25. The molecule has 1 aromatic carbocycles. The third-order valence-corrected chi connectivity index (χ3v) is 6.37. The third kappa shape index (κ3) is 2.97. The Bertz CT molecular complexity index is 563. The molecular weight excluding hydrogens is 282 g/mol. The van der Waals surface area contributed by atoms with Crippen LogP contribution in [0.25, 0.3) is 0 Å². The Morgan fingerprint density at radius 2 is 1.84 bits per heavy atom. The number of aryl methyl sites for hydroxylation is 2. The second-order valence-electron chi connectivity index (χ2n) is 4.72. The molecule has 0 amide bonds. The highest BCUT2D eigenvalue weighted by molar-refractivity contribution is 7.99. The van der Waals surface area contributed by atoms with Crippen LogP contribution in [0, 0.1) is 13.8 Å². The zero-order chi connectivity index (χ0) is 14.0. The highest BCUT2D eigenvalue weighted by atomic mass is 32.2. The molecule has 106 valence electrons. The maximum Gasteiger partial charge on any atom is 0.243 e. The van der Waals surface area contributed by atoms with Crippen LogP contribution in [0.4, 0.5) is 0 Å². The summed E-state index contributed by atoms with van der Waals surface area (Å²) in [5, 5.41) is 9.30. The molecule has 0 atom stereocenters. The Labute approximate surface area is 118 Å².